The van der Waals surface area contributed by atoms with Gasteiger partial charge in [-0.25, -0.2) is 22.0 Å². The van der Waals surface area contributed by atoms with Gasteiger partial charge >= 0.3 is 11.9 Å². The molecule has 0 saturated heterocycles. The fraction of sp³-hybridized carbons (Fsp3) is 0.370. The summed E-state index contributed by atoms with van der Waals surface area (Å²) >= 11 is 0. The first-order valence-corrected chi connectivity index (χ1v) is 46.4. The lowest BCUT2D eigenvalue weighted by molar-refractivity contribution is -0.224. The van der Waals surface area contributed by atoms with Crippen molar-refractivity contribution < 1.29 is 79.0 Å². The van der Waals surface area contributed by atoms with Gasteiger partial charge < -0.3 is 38.6 Å². The van der Waals surface area contributed by atoms with Crippen LogP contribution in [0.3, 0.4) is 0 Å². The van der Waals surface area contributed by atoms with Crippen molar-refractivity contribution in [2.24, 2.45) is 22.7 Å². The average Bonchev–Trinajstić information content (AvgIpc) is 0.801. The van der Waals surface area contributed by atoms with E-state index in [2.05, 4.69) is 186 Å². The smallest absolute Gasteiger partial charge is 0.310 e. The van der Waals surface area contributed by atoms with Crippen LogP contribution in [-0.4, -0.2) is 47.4 Å². The maximum absolute atomic E-state index is 13.9. The molecule has 127 heavy (non-hydrogen) atoms. The number of halogens is 7. The van der Waals surface area contributed by atoms with Crippen LogP contribution in [0.1, 0.15) is 227 Å². The Balaban J connectivity index is 0.000000234. The van der Waals surface area contributed by atoms with Crippen LogP contribution in [0.15, 0.2) is 290 Å². The Morgan fingerprint density at radius 1 is 0.402 bits per heavy atom. The molecule has 0 aromatic heterocycles. The van der Waals surface area contributed by atoms with Gasteiger partial charge in [0.1, 0.15) is 47.1 Å². The molecule has 1 fully saturated rings. The maximum atomic E-state index is 13.9. The molecule has 682 valence electrons. The van der Waals surface area contributed by atoms with Gasteiger partial charge in [-0.05, 0) is 262 Å². The van der Waals surface area contributed by atoms with Crippen LogP contribution in [-0.2, 0) is 56.9 Å². The summed E-state index contributed by atoms with van der Waals surface area (Å²) in [7, 11) is -0.554. The highest BCUT2D eigenvalue weighted by Crippen LogP contribution is 2.38. The van der Waals surface area contributed by atoms with Crippen LogP contribution >= 0.6 is 0 Å². The summed E-state index contributed by atoms with van der Waals surface area (Å²) in [6.07, 6.45) is 10.2. The van der Waals surface area contributed by atoms with E-state index in [1.54, 1.807) is 79.7 Å². The topological polar surface area (TPSA) is 130 Å². The molecular formula is C108H131F7O10S2+2. The lowest BCUT2D eigenvalue weighted by Crippen LogP contribution is -2.39. The number of ether oxygens (including phenoxy) is 6. The minimum atomic E-state index is -1.58. The summed E-state index contributed by atoms with van der Waals surface area (Å²) in [5.74, 6) is -5.71. The van der Waals surface area contributed by atoms with Crippen molar-refractivity contribution in [1.82, 2.24) is 0 Å². The summed E-state index contributed by atoms with van der Waals surface area (Å²) in [6.45, 7) is 36.8. The molecule has 7 unspecified atom stereocenters. The van der Waals surface area contributed by atoms with Crippen molar-refractivity contribution in [1.29, 1.82) is 0 Å². The first-order valence-electron chi connectivity index (χ1n) is 44.0. The predicted octanol–water partition coefficient (Wildman–Crippen LogP) is 30.5. The van der Waals surface area contributed by atoms with E-state index in [-0.39, 0.29) is 74.8 Å². The molecule has 1 aliphatic carbocycles. The van der Waals surface area contributed by atoms with E-state index in [1.807, 2.05) is 64.1 Å². The molecule has 10 nitrogen and oxygen atoms in total. The molecule has 1 saturated carbocycles. The molecule has 7 atom stereocenters. The van der Waals surface area contributed by atoms with E-state index in [4.69, 9.17) is 38.6 Å². The average molecular weight is 1790 g/mol. The number of carbonyl (C=O) groups excluding carboxylic acids is 2. The number of carbonyl (C=O) groups is 2. The van der Waals surface area contributed by atoms with Crippen LogP contribution in [0.25, 0.3) is 0 Å². The first-order chi connectivity index (χ1) is 60.5. The van der Waals surface area contributed by atoms with Gasteiger partial charge in [-0.15, -0.1) is 0 Å². The quantitative estimate of drug-likeness (QED) is 0.0169. The van der Waals surface area contributed by atoms with Crippen LogP contribution in [0.2, 0.25) is 0 Å². The summed E-state index contributed by atoms with van der Waals surface area (Å²) in [4.78, 5) is 30.1. The standard InChI is InChI=1S/C24H22F4O2.C18H12F3S.C18H15S.C16H30O3.C12H24O3.2C10H14O/c1-4-14(2)17-7-5-16(6-8-17)13-29-18-9-11-19(12-10-18)30-24-22(27)20(25)15(3)21(26)23(24)28;19-13-1-7-16(8-2-13)22(17-9-3-14(20)4-10-17)18-11-5-15(21)6-12-18;1-4-10-16(11-5-1)19(17-12-6-2-7-13-17)18-14-8-3-9-15-18;1-6-12(2)14(17)19-15(16(3,4)5)18-13-10-8-7-9-11-13;1-7-9(2)11(13)15-10(3)14-8-12(4,5)6;2*1-3-8(2)9-4-6-10(11)7-5-9/h5-12,14H,4,13H2,1-3H3;1-12H;1-15H;12-13,15H,6-11H2,1-5H3;9-10H,7-8H2,1-6H3;2*4-8,11H,3H2,1-2H3/q;2*+1;;;;. The molecule has 2 N–H and O–H groups in total. The molecule has 12 rings (SSSR count). The highest BCUT2D eigenvalue weighted by molar-refractivity contribution is 7.97. The molecule has 1 aliphatic rings. The van der Waals surface area contributed by atoms with Crippen molar-refractivity contribution in [3.05, 3.63) is 329 Å². The monoisotopic (exact) mass is 1780 g/mol. The third-order valence-electron chi connectivity index (χ3n) is 21.1. The Hall–Kier alpha value is -10.3. The van der Waals surface area contributed by atoms with E-state index in [1.165, 1.54) is 99.2 Å². The third-order valence-corrected chi connectivity index (χ3v) is 25.6. The molecule has 11 aromatic carbocycles. The molecule has 0 amide bonds. The normalized spacial score (nSPS) is 13.5. The fourth-order valence-corrected chi connectivity index (χ4v) is 16.3. The molecule has 19 heteroatoms. The van der Waals surface area contributed by atoms with Crippen LogP contribution in [0, 0.1) is 70.3 Å². The Kier molecular flexibility index (Phi) is 44.9. The Bertz CT molecular complexity index is 4660. The van der Waals surface area contributed by atoms with Gasteiger partial charge in [0, 0.05) is 11.0 Å². The van der Waals surface area contributed by atoms with Crippen molar-refractivity contribution in [3.63, 3.8) is 0 Å². The largest absolute Gasteiger partial charge is 0.508 e. The number of phenolic OH excluding ortho intramolecular Hbond substituents is 2. The van der Waals surface area contributed by atoms with Crippen molar-refractivity contribution in [2.45, 2.75) is 261 Å². The number of hydrogen-bond donors (Lipinski definition) is 2. The van der Waals surface area contributed by atoms with E-state index in [0.717, 1.165) is 72.1 Å². The van der Waals surface area contributed by atoms with Crippen LogP contribution in [0.5, 0.6) is 28.7 Å². The van der Waals surface area contributed by atoms with Gasteiger partial charge in [0.2, 0.25) is 23.7 Å². The van der Waals surface area contributed by atoms with E-state index < -0.39 is 58.1 Å². The Morgan fingerprint density at radius 3 is 1.06 bits per heavy atom. The molecule has 0 bridgehead atoms. The van der Waals surface area contributed by atoms with Gasteiger partial charge in [0.15, 0.2) is 47.3 Å². The zero-order chi connectivity index (χ0) is 93.3. The lowest BCUT2D eigenvalue weighted by Gasteiger charge is -2.35. The third kappa shape index (κ3) is 36.4. The predicted molar refractivity (Wildman–Crippen MR) is 501 cm³/mol. The van der Waals surface area contributed by atoms with Gasteiger partial charge in [-0.1, -0.05) is 233 Å². The van der Waals surface area contributed by atoms with Crippen molar-refractivity contribution >= 4 is 33.7 Å². The number of hydrogen-bond acceptors (Lipinski definition) is 10. The number of aromatic hydroxyl groups is 2. The van der Waals surface area contributed by atoms with Crippen LogP contribution in [0.4, 0.5) is 30.7 Å². The highest BCUT2D eigenvalue weighted by Gasteiger charge is 2.35. The van der Waals surface area contributed by atoms with E-state index in [0.29, 0.717) is 48.2 Å². The van der Waals surface area contributed by atoms with Gasteiger partial charge in [-0.3, -0.25) is 9.59 Å². The Labute approximate surface area is 756 Å². The molecule has 0 aliphatic heterocycles. The van der Waals surface area contributed by atoms with Gasteiger partial charge in [0.25, 0.3) is 0 Å². The highest BCUT2D eigenvalue weighted by atomic mass is 32.2. The second kappa shape index (κ2) is 54.1. The minimum Gasteiger partial charge on any atom is -0.508 e. The number of rotatable bonds is 27. The van der Waals surface area contributed by atoms with E-state index >= 15 is 0 Å². The molecule has 0 heterocycles. The van der Waals surface area contributed by atoms with Crippen LogP contribution < -0.4 is 9.47 Å². The van der Waals surface area contributed by atoms with E-state index in [9.17, 15) is 40.3 Å². The second-order valence-corrected chi connectivity index (χ2v) is 37.9. The summed E-state index contributed by atoms with van der Waals surface area (Å²) < 4.78 is 128. The lowest BCUT2D eigenvalue weighted by atomic mass is 9.94. The number of esters is 2. The maximum Gasteiger partial charge on any atom is 0.310 e. The first kappa shape index (κ1) is 105. The minimum absolute atomic E-state index is 0.0145. The Morgan fingerprint density at radius 2 is 0.732 bits per heavy atom. The number of phenols is 2. The van der Waals surface area contributed by atoms with Crippen molar-refractivity contribution in [2.75, 3.05) is 6.61 Å². The summed E-state index contributed by atoms with van der Waals surface area (Å²) in [5.41, 5.74) is 4.04. The van der Waals surface area contributed by atoms with Gasteiger partial charge in [-0.2, -0.15) is 8.78 Å². The van der Waals surface area contributed by atoms with Crippen molar-refractivity contribution in [3.8, 4) is 28.7 Å². The van der Waals surface area contributed by atoms with Gasteiger partial charge in [0.05, 0.1) is 46.3 Å². The SMILES string of the molecule is CCC(C)C(=O)OC(C)OCC(C)(C)C.CCC(C)C(=O)OC(OC1CCCCC1)C(C)(C)C.CCC(C)c1ccc(COc2ccc(Oc3c(F)c(F)c(C)c(F)c3F)cc2)cc1.CCC(C)c1ccc(O)cc1.CCC(C)c1ccc(O)cc1.Fc1ccc([S+](c2ccc(F)cc2)c2ccc(F)cc2)cc1.c1ccc([S+](c2ccccc2)c2ccccc2)cc1. The second-order valence-electron chi connectivity index (χ2n) is 33.9. The summed E-state index contributed by atoms with van der Waals surface area (Å²) in [5, 5.41) is 18.0. The number of benzene rings is 11. The zero-order valence-corrected chi connectivity index (χ0v) is 78.7. The molecule has 0 spiro atoms. The zero-order valence-electron chi connectivity index (χ0n) is 77.1. The fourth-order valence-electron chi connectivity index (χ4n) is 12.2. The molecule has 11 aromatic rings. The molecular weight excluding hydrogens is 1650 g/mol. The summed E-state index contributed by atoms with van der Waals surface area (Å²) in [6, 6.07) is 79.6. The molecule has 0 radical (unpaired) electrons.